The number of amides is 1. The molecule has 0 saturated carbocycles. The summed E-state index contributed by atoms with van der Waals surface area (Å²) in [4.78, 5) is 32.7. The topological polar surface area (TPSA) is 78.0 Å². The largest absolute Gasteiger partial charge is 0.356 e. The number of nitrogens with one attached hydrogen (secondary N) is 1. The van der Waals surface area contributed by atoms with Crippen LogP contribution in [0.2, 0.25) is 0 Å². The lowest BCUT2D eigenvalue weighted by Gasteiger charge is -2.37. The van der Waals surface area contributed by atoms with Gasteiger partial charge in [-0.1, -0.05) is 5.92 Å². The second-order valence-corrected chi connectivity index (χ2v) is 6.65. The molecule has 0 aromatic carbocycles. The number of aromatic amines is 1. The third kappa shape index (κ3) is 3.22. The average molecular weight is 360 g/mol. The molecule has 4 heterocycles. The second-order valence-electron chi connectivity index (χ2n) is 6.65. The van der Waals surface area contributed by atoms with Gasteiger partial charge in [-0.05, 0) is 31.0 Å². The minimum Gasteiger partial charge on any atom is -0.356 e. The van der Waals surface area contributed by atoms with E-state index in [1.54, 1.807) is 24.7 Å². The van der Waals surface area contributed by atoms with E-state index in [0.29, 0.717) is 30.4 Å². The van der Waals surface area contributed by atoms with Gasteiger partial charge in [-0.2, -0.15) is 0 Å². The Morgan fingerprint density at radius 3 is 2.78 bits per heavy atom. The Labute approximate surface area is 157 Å². The highest BCUT2D eigenvalue weighted by Crippen LogP contribution is 2.26. The molecule has 0 spiro atoms. The van der Waals surface area contributed by atoms with Crippen LogP contribution in [0.15, 0.2) is 36.9 Å². The van der Waals surface area contributed by atoms with Crippen molar-refractivity contribution in [3.63, 3.8) is 0 Å². The molecule has 3 aromatic heterocycles. The van der Waals surface area contributed by atoms with E-state index in [0.717, 1.165) is 29.7 Å². The van der Waals surface area contributed by atoms with Crippen molar-refractivity contribution in [2.24, 2.45) is 0 Å². The maximum atomic E-state index is 12.7. The number of carbonyl (C=O) groups excluding carboxylic acids is 1. The number of hydrogen-bond acceptors (Lipinski definition) is 5. The summed E-state index contributed by atoms with van der Waals surface area (Å²) in [6.45, 7) is 1.38. The molecule has 0 atom stereocenters. The molecular formula is C20H20N6O. The first-order chi connectivity index (χ1) is 13.2. The van der Waals surface area contributed by atoms with Crippen molar-refractivity contribution in [2.75, 3.05) is 25.0 Å². The minimum atomic E-state index is -0.0465. The minimum absolute atomic E-state index is 0.0465. The van der Waals surface area contributed by atoms with E-state index >= 15 is 0 Å². The lowest BCUT2D eigenvalue weighted by molar-refractivity contribution is 0.0707. The number of H-pyrrole nitrogens is 1. The van der Waals surface area contributed by atoms with Gasteiger partial charge < -0.3 is 14.8 Å². The smallest absolute Gasteiger partial charge is 0.272 e. The fourth-order valence-electron chi connectivity index (χ4n) is 3.54. The van der Waals surface area contributed by atoms with Gasteiger partial charge in [0.15, 0.2) is 0 Å². The summed E-state index contributed by atoms with van der Waals surface area (Å²) < 4.78 is 0. The van der Waals surface area contributed by atoms with Crippen LogP contribution in [0.25, 0.3) is 11.0 Å². The molecule has 1 amide bonds. The zero-order valence-electron chi connectivity index (χ0n) is 15.1. The maximum Gasteiger partial charge on any atom is 0.272 e. The quantitative estimate of drug-likeness (QED) is 0.724. The normalized spacial score (nSPS) is 14.9. The molecule has 4 rings (SSSR count). The number of anilines is 1. The van der Waals surface area contributed by atoms with Gasteiger partial charge in [-0.3, -0.25) is 4.79 Å². The van der Waals surface area contributed by atoms with Crippen LogP contribution in [0, 0.1) is 12.3 Å². The van der Waals surface area contributed by atoms with Crippen LogP contribution in [0.3, 0.4) is 0 Å². The molecule has 7 nitrogen and oxygen atoms in total. The van der Waals surface area contributed by atoms with Crippen molar-refractivity contribution in [3.8, 4) is 12.3 Å². The molecule has 1 saturated heterocycles. The number of piperidine rings is 1. The van der Waals surface area contributed by atoms with Crippen molar-refractivity contribution >= 4 is 22.8 Å². The van der Waals surface area contributed by atoms with E-state index in [2.05, 4.69) is 37.8 Å². The first kappa shape index (κ1) is 17.0. The van der Waals surface area contributed by atoms with Crippen LogP contribution in [0.4, 0.5) is 5.82 Å². The highest BCUT2D eigenvalue weighted by molar-refractivity contribution is 5.92. The van der Waals surface area contributed by atoms with Gasteiger partial charge in [0.25, 0.3) is 5.91 Å². The van der Waals surface area contributed by atoms with E-state index < -0.39 is 0 Å². The standard InChI is InChI=1S/C20H20N6O/c1-3-14-4-5-17(22-12-14)20(27)26-10-7-15(8-11-26)25(2)19-16-6-9-21-18(16)23-13-24-19/h1,4-6,9,12-13,15H,7-8,10-11H2,2H3,(H,21,23,24). The maximum absolute atomic E-state index is 12.7. The Bertz CT molecular complexity index is 995. The lowest BCUT2D eigenvalue weighted by atomic mass is 10.0. The number of likely N-dealkylation sites (tertiary alicyclic amines) is 1. The van der Waals surface area contributed by atoms with E-state index in [4.69, 9.17) is 6.42 Å². The molecule has 1 aliphatic heterocycles. The summed E-state index contributed by atoms with van der Waals surface area (Å²) in [5.74, 6) is 3.38. The molecule has 0 bridgehead atoms. The highest BCUT2D eigenvalue weighted by Gasteiger charge is 2.27. The molecule has 0 unspecified atom stereocenters. The van der Waals surface area contributed by atoms with Crippen LogP contribution >= 0.6 is 0 Å². The summed E-state index contributed by atoms with van der Waals surface area (Å²) in [7, 11) is 2.05. The Balaban J connectivity index is 1.43. The van der Waals surface area contributed by atoms with Crippen molar-refractivity contribution in [3.05, 3.63) is 48.2 Å². The highest BCUT2D eigenvalue weighted by atomic mass is 16.2. The van der Waals surface area contributed by atoms with E-state index in [9.17, 15) is 4.79 Å². The van der Waals surface area contributed by atoms with Crippen molar-refractivity contribution in [1.82, 2.24) is 24.8 Å². The van der Waals surface area contributed by atoms with Gasteiger partial charge in [0, 0.05) is 44.1 Å². The number of terminal acetylenes is 1. The second kappa shape index (κ2) is 7.08. The molecular weight excluding hydrogens is 340 g/mol. The van der Waals surface area contributed by atoms with Gasteiger partial charge in [0.1, 0.15) is 23.5 Å². The molecule has 0 aliphatic carbocycles. The van der Waals surface area contributed by atoms with Crippen molar-refractivity contribution in [1.29, 1.82) is 0 Å². The number of nitrogens with zero attached hydrogens (tertiary/aromatic N) is 5. The number of hydrogen-bond donors (Lipinski definition) is 1. The fraction of sp³-hybridized carbons (Fsp3) is 0.300. The van der Waals surface area contributed by atoms with Crippen LogP contribution in [0.1, 0.15) is 28.9 Å². The molecule has 136 valence electrons. The summed E-state index contributed by atoms with van der Waals surface area (Å²) in [5.41, 5.74) is 1.94. The zero-order valence-corrected chi connectivity index (χ0v) is 15.1. The fourth-order valence-corrected chi connectivity index (χ4v) is 3.54. The monoisotopic (exact) mass is 360 g/mol. The van der Waals surface area contributed by atoms with Crippen molar-refractivity contribution in [2.45, 2.75) is 18.9 Å². The van der Waals surface area contributed by atoms with E-state index in [-0.39, 0.29) is 5.91 Å². The average Bonchev–Trinajstić information content (AvgIpc) is 3.22. The summed E-state index contributed by atoms with van der Waals surface area (Å²) >= 11 is 0. The van der Waals surface area contributed by atoms with Gasteiger partial charge >= 0.3 is 0 Å². The number of fused-ring (bicyclic) bond motifs is 1. The Morgan fingerprint density at radius 2 is 2.07 bits per heavy atom. The van der Waals surface area contributed by atoms with E-state index in [1.165, 1.54) is 0 Å². The molecule has 1 aliphatic rings. The van der Waals surface area contributed by atoms with Gasteiger partial charge in [0.2, 0.25) is 0 Å². The van der Waals surface area contributed by atoms with Gasteiger partial charge in [0.05, 0.1) is 5.39 Å². The Hall–Kier alpha value is -3.40. The zero-order chi connectivity index (χ0) is 18.8. The summed E-state index contributed by atoms with van der Waals surface area (Å²) in [5, 5.41) is 1.01. The van der Waals surface area contributed by atoms with Crippen molar-refractivity contribution < 1.29 is 4.79 Å². The number of aromatic nitrogens is 4. The third-order valence-electron chi connectivity index (χ3n) is 5.12. The SMILES string of the molecule is C#Cc1ccc(C(=O)N2CCC(N(C)c3ncnc4[nH]ccc34)CC2)nc1. The third-order valence-corrected chi connectivity index (χ3v) is 5.12. The summed E-state index contributed by atoms with van der Waals surface area (Å²) in [6.07, 6.45) is 12.1. The first-order valence-corrected chi connectivity index (χ1v) is 8.90. The van der Waals surface area contributed by atoms with Crippen LogP contribution < -0.4 is 4.90 Å². The van der Waals surface area contributed by atoms with Gasteiger partial charge in [-0.25, -0.2) is 15.0 Å². The van der Waals surface area contributed by atoms with Crippen LogP contribution in [0.5, 0.6) is 0 Å². The first-order valence-electron chi connectivity index (χ1n) is 8.90. The molecule has 27 heavy (non-hydrogen) atoms. The number of carbonyl (C=O) groups is 1. The van der Waals surface area contributed by atoms with Crippen LogP contribution in [-0.4, -0.2) is 56.9 Å². The van der Waals surface area contributed by atoms with Crippen LogP contribution in [-0.2, 0) is 0 Å². The molecule has 1 fully saturated rings. The Morgan fingerprint density at radius 1 is 1.26 bits per heavy atom. The lowest BCUT2D eigenvalue weighted by Crippen LogP contribution is -2.46. The predicted octanol–water partition coefficient (Wildman–Crippen LogP) is 2.08. The number of rotatable bonds is 3. The molecule has 3 aromatic rings. The molecule has 7 heteroatoms. The summed E-state index contributed by atoms with van der Waals surface area (Å²) in [6, 6.07) is 5.75. The molecule has 1 N–H and O–H groups in total. The Kier molecular flexibility index (Phi) is 4.47. The van der Waals surface area contributed by atoms with Gasteiger partial charge in [-0.15, -0.1) is 6.42 Å². The van der Waals surface area contributed by atoms with E-state index in [1.807, 2.05) is 17.2 Å². The predicted molar refractivity (Wildman–Crippen MR) is 103 cm³/mol. The number of pyridine rings is 1. The molecule has 0 radical (unpaired) electrons.